The van der Waals surface area contributed by atoms with Crippen LogP contribution in [-0.4, -0.2) is 11.9 Å². The second kappa shape index (κ2) is 6.80. The molecule has 1 aliphatic rings. The number of hydrogen-bond donors (Lipinski definition) is 3. The van der Waals surface area contributed by atoms with E-state index in [4.69, 9.17) is 11.0 Å². The number of carbonyl (C=O) groups excluding carboxylic acids is 1. The van der Waals surface area contributed by atoms with Gasteiger partial charge in [-0.2, -0.15) is 5.26 Å². The van der Waals surface area contributed by atoms with Gasteiger partial charge in [-0.05, 0) is 37.5 Å². The second-order valence-electron chi connectivity index (χ2n) is 5.36. The predicted molar refractivity (Wildman–Crippen MR) is 83.3 cm³/mol. The van der Waals surface area contributed by atoms with Gasteiger partial charge in [0.2, 0.25) is 0 Å². The number of hydrogen-bond acceptors (Lipinski definition) is 4. The van der Waals surface area contributed by atoms with Crippen molar-refractivity contribution in [2.75, 3.05) is 11.1 Å². The Balaban J connectivity index is 2.04. The van der Waals surface area contributed by atoms with E-state index in [1.165, 1.54) is 6.20 Å². The van der Waals surface area contributed by atoms with Crippen molar-refractivity contribution in [1.82, 2.24) is 5.32 Å². The molecule has 2 rings (SSSR count). The van der Waals surface area contributed by atoms with Crippen LogP contribution in [0.3, 0.4) is 0 Å². The smallest absolute Gasteiger partial charge is 0.263 e. The number of rotatable bonds is 4. The summed E-state index contributed by atoms with van der Waals surface area (Å²) in [5.41, 5.74) is 8.22. The molecule has 4 N–H and O–H groups in total. The van der Waals surface area contributed by atoms with Gasteiger partial charge in [-0.1, -0.05) is 18.9 Å². The molecule has 5 nitrogen and oxygen atoms in total. The Morgan fingerprint density at radius 3 is 2.81 bits per heavy atom. The molecule has 0 spiro atoms. The van der Waals surface area contributed by atoms with Crippen LogP contribution in [-0.2, 0) is 4.79 Å². The first-order valence-electron chi connectivity index (χ1n) is 7.14. The SMILES string of the molecule is Cc1ccc(N)c(N/C=C(/C#N)C(=O)NC2CCCC2)c1. The maximum atomic E-state index is 12.0. The average Bonchev–Trinajstić information content (AvgIpc) is 2.96. The van der Waals surface area contributed by atoms with Gasteiger partial charge in [0, 0.05) is 12.2 Å². The third kappa shape index (κ3) is 3.99. The van der Waals surface area contributed by atoms with Gasteiger partial charge in [0.15, 0.2) is 0 Å². The quantitative estimate of drug-likeness (QED) is 0.450. The molecule has 0 heterocycles. The number of nitriles is 1. The summed E-state index contributed by atoms with van der Waals surface area (Å²) in [7, 11) is 0. The second-order valence-corrected chi connectivity index (χ2v) is 5.36. The fraction of sp³-hybridized carbons (Fsp3) is 0.375. The van der Waals surface area contributed by atoms with Crippen molar-refractivity contribution in [1.29, 1.82) is 5.26 Å². The van der Waals surface area contributed by atoms with Crippen LogP contribution in [0.15, 0.2) is 30.0 Å². The average molecular weight is 284 g/mol. The number of nitrogens with zero attached hydrogens (tertiary/aromatic N) is 1. The third-order valence-electron chi connectivity index (χ3n) is 3.64. The van der Waals surface area contributed by atoms with Gasteiger partial charge in [-0.15, -0.1) is 0 Å². The van der Waals surface area contributed by atoms with Crippen LogP contribution < -0.4 is 16.4 Å². The lowest BCUT2D eigenvalue weighted by molar-refractivity contribution is -0.117. The lowest BCUT2D eigenvalue weighted by atomic mass is 10.2. The highest BCUT2D eigenvalue weighted by atomic mass is 16.1. The van der Waals surface area contributed by atoms with Crippen LogP contribution in [0.1, 0.15) is 31.2 Å². The highest BCUT2D eigenvalue weighted by Crippen LogP contribution is 2.20. The van der Waals surface area contributed by atoms with Crippen molar-refractivity contribution in [3.8, 4) is 6.07 Å². The van der Waals surface area contributed by atoms with E-state index < -0.39 is 0 Å². The third-order valence-corrected chi connectivity index (χ3v) is 3.64. The molecule has 0 aromatic heterocycles. The van der Waals surface area contributed by atoms with Gasteiger partial charge in [-0.3, -0.25) is 4.79 Å². The minimum absolute atomic E-state index is 0.0582. The maximum absolute atomic E-state index is 12.0. The number of benzene rings is 1. The fourth-order valence-electron chi connectivity index (χ4n) is 2.43. The molecule has 1 aliphatic carbocycles. The zero-order valence-electron chi connectivity index (χ0n) is 12.1. The molecule has 1 aromatic rings. The van der Waals surface area contributed by atoms with E-state index in [2.05, 4.69) is 10.6 Å². The Morgan fingerprint density at radius 2 is 2.14 bits per heavy atom. The molecular weight excluding hydrogens is 264 g/mol. The first-order chi connectivity index (χ1) is 10.1. The van der Waals surface area contributed by atoms with Crippen molar-refractivity contribution in [3.05, 3.63) is 35.5 Å². The summed E-state index contributed by atoms with van der Waals surface area (Å²) in [6.07, 6.45) is 5.66. The maximum Gasteiger partial charge on any atom is 0.263 e. The number of nitrogens with one attached hydrogen (secondary N) is 2. The van der Waals surface area contributed by atoms with E-state index in [0.717, 1.165) is 31.2 Å². The Labute approximate surface area is 124 Å². The summed E-state index contributed by atoms with van der Waals surface area (Å²) in [6.45, 7) is 1.95. The van der Waals surface area contributed by atoms with Gasteiger partial charge in [-0.25, -0.2) is 0 Å². The molecule has 0 aliphatic heterocycles. The minimum atomic E-state index is -0.330. The van der Waals surface area contributed by atoms with E-state index in [1.54, 1.807) is 6.07 Å². The van der Waals surface area contributed by atoms with E-state index in [9.17, 15) is 4.79 Å². The summed E-state index contributed by atoms with van der Waals surface area (Å²) < 4.78 is 0. The first kappa shape index (κ1) is 14.9. The highest BCUT2D eigenvalue weighted by molar-refractivity contribution is 5.97. The molecule has 110 valence electrons. The summed E-state index contributed by atoms with van der Waals surface area (Å²) in [5, 5.41) is 15.0. The van der Waals surface area contributed by atoms with Gasteiger partial charge >= 0.3 is 0 Å². The van der Waals surface area contributed by atoms with Crippen LogP contribution in [0.5, 0.6) is 0 Å². The molecule has 1 saturated carbocycles. The minimum Gasteiger partial charge on any atom is -0.397 e. The standard InChI is InChI=1S/C16H20N4O/c1-11-6-7-14(18)15(8-11)19-10-12(9-17)16(21)20-13-4-2-3-5-13/h6-8,10,13,19H,2-5,18H2,1H3,(H,20,21)/b12-10-. The number of nitrogens with two attached hydrogens (primary N) is 1. The number of carbonyl (C=O) groups is 1. The topological polar surface area (TPSA) is 90.9 Å². The lowest BCUT2D eigenvalue weighted by Crippen LogP contribution is -2.33. The van der Waals surface area contributed by atoms with Crippen molar-refractivity contribution in [2.45, 2.75) is 38.6 Å². The van der Waals surface area contributed by atoms with Crippen molar-refractivity contribution in [3.63, 3.8) is 0 Å². The van der Waals surface area contributed by atoms with Crippen molar-refractivity contribution < 1.29 is 4.79 Å². The molecule has 1 fully saturated rings. The zero-order chi connectivity index (χ0) is 15.2. The molecule has 21 heavy (non-hydrogen) atoms. The Morgan fingerprint density at radius 1 is 1.43 bits per heavy atom. The molecule has 1 amide bonds. The van der Waals surface area contributed by atoms with Crippen LogP contribution in [0.25, 0.3) is 0 Å². The lowest BCUT2D eigenvalue weighted by Gasteiger charge is -2.11. The first-order valence-corrected chi connectivity index (χ1v) is 7.14. The van der Waals surface area contributed by atoms with E-state index in [1.807, 2.05) is 25.1 Å². The summed E-state index contributed by atoms with van der Waals surface area (Å²) in [4.78, 5) is 12.0. The molecule has 1 aromatic carbocycles. The number of nitrogen functional groups attached to an aromatic ring is 1. The Hall–Kier alpha value is -2.48. The number of anilines is 2. The molecule has 0 saturated heterocycles. The number of aryl methyl sites for hydroxylation is 1. The molecule has 0 atom stereocenters. The van der Waals surface area contributed by atoms with Crippen LogP contribution in [0.4, 0.5) is 11.4 Å². The summed E-state index contributed by atoms with van der Waals surface area (Å²) in [5.74, 6) is -0.330. The molecule has 0 bridgehead atoms. The monoisotopic (exact) mass is 284 g/mol. The van der Waals surface area contributed by atoms with E-state index >= 15 is 0 Å². The fourth-order valence-corrected chi connectivity index (χ4v) is 2.43. The predicted octanol–water partition coefficient (Wildman–Crippen LogP) is 2.46. The van der Waals surface area contributed by atoms with Gasteiger partial charge in [0.1, 0.15) is 11.6 Å². The summed E-state index contributed by atoms with van der Waals surface area (Å²) >= 11 is 0. The normalized spacial score (nSPS) is 15.5. The van der Waals surface area contributed by atoms with E-state index in [0.29, 0.717) is 11.4 Å². The van der Waals surface area contributed by atoms with Crippen molar-refractivity contribution in [2.24, 2.45) is 0 Å². The van der Waals surface area contributed by atoms with Crippen LogP contribution in [0, 0.1) is 18.3 Å². The largest absolute Gasteiger partial charge is 0.397 e. The highest BCUT2D eigenvalue weighted by Gasteiger charge is 2.19. The van der Waals surface area contributed by atoms with Gasteiger partial charge in [0.25, 0.3) is 5.91 Å². The molecule has 5 heteroatoms. The Bertz CT molecular complexity index is 595. The summed E-state index contributed by atoms with van der Waals surface area (Å²) in [6, 6.07) is 7.68. The van der Waals surface area contributed by atoms with Crippen LogP contribution in [0.2, 0.25) is 0 Å². The zero-order valence-corrected chi connectivity index (χ0v) is 12.1. The van der Waals surface area contributed by atoms with Crippen molar-refractivity contribution >= 4 is 17.3 Å². The van der Waals surface area contributed by atoms with Crippen LogP contribution >= 0.6 is 0 Å². The van der Waals surface area contributed by atoms with E-state index in [-0.39, 0.29) is 17.5 Å². The number of amides is 1. The van der Waals surface area contributed by atoms with Gasteiger partial charge < -0.3 is 16.4 Å². The molecule has 0 radical (unpaired) electrons. The van der Waals surface area contributed by atoms with Gasteiger partial charge in [0.05, 0.1) is 11.4 Å². The molecular formula is C16H20N4O. The Kier molecular flexibility index (Phi) is 4.83. The molecule has 0 unspecified atom stereocenters.